The van der Waals surface area contributed by atoms with Gasteiger partial charge in [-0.25, -0.2) is 0 Å². The van der Waals surface area contributed by atoms with Crippen molar-refractivity contribution in [1.82, 2.24) is 0 Å². The Morgan fingerprint density at radius 3 is 1.20 bits per heavy atom. The van der Waals surface area contributed by atoms with Crippen LogP contribution in [0.4, 0.5) is 0 Å². The first kappa shape index (κ1) is 54.0. The SMILES string of the molecule is CCCCCCCCCCCCCCCCCC(=O)OCC(COP(=O)([O-])OCCC[N+](C)(C)C)OC(=O)CCCCCCCCCCCCCCCCC. The summed E-state index contributed by atoms with van der Waals surface area (Å²) >= 11 is 0. The second-order valence-corrected chi connectivity index (χ2v) is 18.5. The molecule has 0 N–H and O–H groups in total. The lowest BCUT2D eigenvalue weighted by Crippen LogP contribution is -2.35. The fourth-order valence-electron chi connectivity index (χ4n) is 6.83. The van der Waals surface area contributed by atoms with Gasteiger partial charge in [-0.2, -0.15) is 0 Å². The van der Waals surface area contributed by atoms with Gasteiger partial charge in [0.2, 0.25) is 0 Å². The molecule has 2 unspecified atom stereocenters. The van der Waals surface area contributed by atoms with Crippen LogP contribution in [0.3, 0.4) is 0 Å². The van der Waals surface area contributed by atoms with Crippen LogP contribution in [0.25, 0.3) is 0 Å². The number of unbranched alkanes of at least 4 members (excludes halogenated alkanes) is 28. The van der Waals surface area contributed by atoms with E-state index in [1.165, 1.54) is 154 Å². The molecule has 0 saturated carbocycles. The Balaban J connectivity index is 4.33. The summed E-state index contributed by atoms with van der Waals surface area (Å²) < 4.78 is 34.2. The molecule has 0 spiro atoms. The molecule has 2 atom stereocenters. The van der Waals surface area contributed by atoms with Crippen LogP contribution in [0.5, 0.6) is 0 Å². The number of phosphoric ester groups is 1. The fourth-order valence-corrected chi connectivity index (χ4v) is 7.60. The highest BCUT2D eigenvalue weighted by Gasteiger charge is 2.21. The normalized spacial score (nSPS) is 13.5. The number of carbonyl (C=O) groups excluding carboxylic acids is 2. The Hall–Kier alpha value is -0.990. The molecule has 0 radical (unpaired) electrons. The summed E-state index contributed by atoms with van der Waals surface area (Å²) in [6.45, 7) is 4.58. The summed E-state index contributed by atoms with van der Waals surface area (Å²) in [6.07, 6.45) is 37.5. The molecule has 0 bridgehead atoms. The van der Waals surface area contributed by atoms with Gasteiger partial charge < -0.3 is 27.9 Å². The van der Waals surface area contributed by atoms with E-state index < -0.39 is 26.5 Å². The molecular formula is C45H90NO8P. The van der Waals surface area contributed by atoms with Crippen LogP contribution in [0.2, 0.25) is 0 Å². The number of ether oxygens (including phenoxy) is 2. The van der Waals surface area contributed by atoms with E-state index in [-0.39, 0.29) is 32.0 Å². The third kappa shape index (κ3) is 42.4. The molecular weight excluding hydrogens is 713 g/mol. The van der Waals surface area contributed by atoms with Crippen molar-refractivity contribution in [3.63, 3.8) is 0 Å². The summed E-state index contributed by atoms with van der Waals surface area (Å²) in [4.78, 5) is 37.6. The number of hydrogen-bond acceptors (Lipinski definition) is 8. The number of nitrogens with zero attached hydrogens (tertiary/aromatic N) is 1. The smallest absolute Gasteiger partial charge is 0.306 e. The van der Waals surface area contributed by atoms with Crippen molar-refractivity contribution >= 4 is 19.8 Å². The zero-order chi connectivity index (χ0) is 40.7. The molecule has 0 aromatic heterocycles. The van der Waals surface area contributed by atoms with Crippen LogP contribution in [0.1, 0.15) is 226 Å². The number of esters is 2. The third-order valence-corrected chi connectivity index (χ3v) is 11.3. The molecule has 0 saturated heterocycles. The number of quaternary nitrogens is 1. The Labute approximate surface area is 340 Å². The third-order valence-electron chi connectivity index (χ3n) is 10.3. The highest BCUT2D eigenvalue weighted by molar-refractivity contribution is 7.45. The van der Waals surface area contributed by atoms with E-state index in [0.29, 0.717) is 17.3 Å². The van der Waals surface area contributed by atoms with Gasteiger partial charge >= 0.3 is 11.9 Å². The van der Waals surface area contributed by atoms with Crippen LogP contribution in [0.15, 0.2) is 0 Å². The van der Waals surface area contributed by atoms with Gasteiger partial charge in [0.25, 0.3) is 7.82 Å². The molecule has 0 aliphatic carbocycles. The molecule has 0 heterocycles. The van der Waals surface area contributed by atoms with Gasteiger partial charge in [-0.05, 0) is 12.8 Å². The maximum absolute atomic E-state index is 12.7. The number of hydrogen-bond donors (Lipinski definition) is 0. The molecule has 0 aliphatic rings. The van der Waals surface area contributed by atoms with Gasteiger partial charge in [0.05, 0.1) is 40.9 Å². The predicted octanol–water partition coefficient (Wildman–Crippen LogP) is 12.6. The van der Waals surface area contributed by atoms with E-state index in [1.807, 2.05) is 21.1 Å². The molecule has 0 amide bonds. The molecule has 10 heteroatoms. The summed E-state index contributed by atoms with van der Waals surface area (Å²) in [7, 11) is 1.45. The minimum atomic E-state index is -4.61. The molecule has 55 heavy (non-hydrogen) atoms. The standard InChI is InChI=1S/C45H90NO8P/c1-6-8-10-12-14-16-18-20-22-24-26-28-30-32-34-37-44(47)51-41-43(42-53-55(49,50)52-40-36-39-46(3,4)5)54-45(48)38-35-33-31-29-27-25-23-21-19-17-15-13-11-9-7-2/h43H,6-42H2,1-5H3. The molecule has 0 aromatic carbocycles. The highest BCUT2D eigenvalue weighted by Crippen LogP contribution is 2.38. The van der Waals surface area contributed by atoms with Crippen LogP contribution in [-0.4, -0.2) is 70.0 Å². The first-order valence-electron chi connectivity index (χ1n) is 23.2. The zero-order valence-electron chi connectivity index (χ0n) is 36.9. The summed E-state index contributed by atoms with van der Waals surface area (Å²) in [5, 5.41) is 0. The number of phosphoric acid groups is 1. The van der Waals surface area contributed by atoms with Gasteiger partial charge in [0.15, 0.2) is 6.10 Å². The molecule has 0 aliphatic heterocycles. The minimum Gasteiger partial charge on any atom is -0.756 e. The number of carbonyl (C=O) groups is 2. The second-order valence-electron chi connectivity index (χ2n) is 17.1. The molecule has 0 rings (SSSR count). The Morgan fingerprint density at radius 1 is 0.491 bits per heavy atom. The number of rotatable bonds is 43. The molecule has 9 nitrogen and oxygen atoms in total. The monoisotopic (exact) mass is 804 g/mol. The fraction of sp³-hybridized carbons (Fsp3) is 0.956. The summed E-state index contributed by atoms with van der Waals surface area (Å²) in [5.41, 5.74) is 0. The first-order chi connectivity index (χ1) is 26.5. The van der Waals surface area contributed by atoms with E-state index in [9.17, 15) is 19.0 Å². The van der Waals surface area contributed by atoms with E-state index in [4.69, 9.17) is 18.5 Å². The lowest BCUT2D eigenvalue weighted by atomic mass is 10.0. The zero-order valence-corrected chi connectivity index (χ0v) is 37.8. The Bertz CT molecular complexity index is 912. The minimum absolute atomic E-state index is 0.00812. The van der Waals surface area contributed by atoms with E-state index in [0.717, 1.165) is 38.6 Å². The van der Waals surface area contributed by atoms with Crippen molar-refractivity contribution < 1.29 is 42.1 Å². The largest absolute Gasteiger partial charge is 0.756 e. The van der Waals surface area contributed by atoms with Crippen LogP contribution in [-0.2, 0) is 32.7 Å². The van der Waals surface area contributed by atoms with Crippen molar-refractivity contribution in [3.05, 3.63) is 0 Å². The quantitative estimate of drug-likeness (QED) is 0.0259. The maximum atomic E-state index is 12.7. The predicted molar refractivity (Wildman–Crippen MR) is 227 cm³/mol. The first-order valence-corrected chi connectivity index (χ1v) is 24.7. The van der Waals surface area contributed by atoms with E-state index >= 15 is 0 Å². The average Bonchev–Trinajstić information content (AvgIpc) is 3.14. The van der Waals surface area contributed by atoms with E-state index in [2.05, 4.69) is 13.8 Å². The van der Waals surface area contributed by atoms with Crippen molar-refractivity contribution in [1.29, 1.82) is 0 Å². The van der Waals surface area contributed by atoms with Crippen molar-refractivity contribution in [2.45, 2.75) is 232 Å². The van der Waals surface area contributed by atoms with Crippen molar-refractivity contribution in [3.8, 4) is 0 Å². The van der Waals surface area contributed by atoms with Crippen LogP contribution < -0.4 is 4.89 Å². The maximum Gasteiger partial charge on any atom is 0.306 e. The Kier molecular flexibility index (Phi) is 37.8. The van der Waals surface area contributed by atoms with Gasteiger partial charge in [-0.15, -0.1) is 0 Å². The highest BCUT2D eigenvalue weighted by atomic mass is 31.2. The molecule has 0 fully saturated rings. The topological polar surface area (TPSA) is 111 Å². The summed E-state index contributed by atoms with van der Waals surface area (Å²) in [6, 6.07) is 0. The summed E-state index contributed by atoms with van der Waals surface area (Å²) in [5.74, 6) is -0.814. The van der Waals surface area contributed by atoms with Crippen LogP contribution in [0, 0.1) is 0 Å². The van der Waals surface area contributed by atoms with Gasteiger partial charge in [0.1, 0.15) is 6.61 Å². The van der Waals surface area contributed by atoms with Crippen molar-refractivity contribution in [2.24, 2.45) is 0 Å². The second kappa shape index (κ2) is 38.5. The van der Waals surface area contributed by atoms with E-state index in [1.54, 1.807) is 0 Å². The van der Waals surface area contributed by atoms with Gasteiger partial charge in [0, 0.05) is 19.3 Å². The Morgan fingerprint density at radius 2 is 0.836 bits per heavy atom. The van der Waals surface area contributed by atoms with Crippen molar-refractivity contribution in [2.75, 3.05) is 47.5 Å². The lowest BCUT2D eigenvalue weighted by Gasteiger charge is -2.27. The molecule has 0 aromatic rings. The van der Waals surface area contributed by atoms with Crippen LogP contribution >= 0.6 is 7.82 Å². The van der Waals surface area contributed by atoms with Gasteiger partial charge in [-0.3, -0.25) is 14.2 Å². The molecule has 328 valence electrons. The average molecular weight is 804 g/mol. The lowest BCUT2D eigenvalue weighted by molar-refractivity contribution is -0.870. The van der Waals surface area contributed by atoms with Gasteiger partial charge in [-0.1, -0.05) is 194 Å².